The number of nitrogens with zero attached hydrogens (tertiary/aromatic N) is 4. The number of fused-ring (bicyclic) bond motifs is 1. The van der Waals surface area contributed by atoms with E-state index in [1.54, 1.807) is 49.4 Å². The molecule has 1 amide bonds. The minimum atomic E-state index is -0.801. The van der Waals surface area contributed by atoms with Crippen molar-refractivity contribution >= 4 is 29.1 Å². The first-order valence-corrected chi connectivity index (χ1v) is 8.49. The number of allylic oxidation sites excluding steroid dienone is 1. The number of carbonyl (C=O) groups is 1. The third kappa shape index (κ3) is 3.15. The Morgan fingerprint density at radius 1 is 1.22 bits per heavy atom. The summed E-state index contributed by atoms with van der Waals surface area (Å²) in [6, 6.07) is 12.2. The lowest BCUT2D eigenvalue weighted by molar-refractivity contribution is -0.113. The highest BCUT2D eigenvalue weighted by atomic mass is 35.5. The second-order valence-electron chi connectivity index (χ2n) is 6.00. The van der Waals surface area contributed by atoms with Gasteiger partial charge < -0.3 is 10.6 Å². The average molecular weight is 385 g/mol. The number of nitrogens with one attached hydrogen (secondary N) is 2. The number of hydrogen-bond acceptors (Lipinski definition) is 5. The molecule has 4 rings (SSSR count). The Morgan fingerprint density at radius 2 is 1.96 bits per heavy atom. The summed E-state index contributed by atoms with van der Waals surface area (Å²) in [6.07, 6.45) is 0. The van der Waals surface area contributed by atoms with Crippen molar-refractivity contribution in [2.45, 2.75) is 13.0 Å². The molecule has 3 aromatic rings. The molecule has 0 saturated carbocycles. The molecule has 27 heavy (non-hydrogen) atoms. The normalized spacial score (nSPS) is 15.9. The number of halogens is 2. The summed E-state index contributed by atoms with van der Waals surface area (Å²) in [4.78, 5) is 13.0. The van der Waals surface area contributed by atoms with Crippen LogP contribution in [0, 0.1) is 5.82 Å². The molecule has 0 bridgehead atoms. The first-order valence-electron chi connectivity index (χ1n) is 8.11. The minimum absolute atomic E-state index is 0.299. The van der Waals surface area contributed by atoms with E-state index in [0.29, 0.717) is 33.5 Å². The van der Waals surface area contributed by atoms with Gasteiger partial charge >= 0.3 is 0 Å². The van der Waals surface area contributed by atoms with Gasteiger partial charge in [0.1, 0.15) is 11.9 Å². The highest BCUT2D eigenvalue weighted by Crippen LogP contribution is 2.35. The first-order chi connectivity index (χ1) is 13.0. The monoisotopic (exact) mass is 384 g/mol. The molecule has 1 aliphatic rings. The number of amides is 1. The molecule has 2 N–H and O–H groups in total. The van der Waals surface area contributed by atoms with E-state index in [2.05, 4.69) is 26.2 Å². The van der Waals surface area contributed by atoms with Crippen molar-refractivity contribution in [3.05, 3.63) is 76.2 Å². The molecule has 0 spiro atoms. The lowest BCUT2D eigenvalue weighted by Crippen LogP contribution is -2.32. The lowest BCUT2D eigenvalue weighted by Gasteiger charge is -2.28. The highest BCUT2D eigenvalue weighted by Gasteiger charge is 2.35. The van der Waals surface area contributed by atoms with Gasteiger partial charge in [-0.05, 0) is 47.7 Å². The topological polar surface area (TPSA) is 84.7 Å². The third-order valence-electron chi connectivity index (χ3n) is 4.26. The van der Waals surface area contributed by atoms with E-state index in [9.17, 15) is 9.18 Å². The molecule has 2 aromatic carbocycles. The Labute approximate surface area is 158 Å². The summed E-state index contributed by atoms with van der Waals surface area (Å²) in [5, 5.41) is 17.8. The molecule has 9 heteroatoms. The van der Waals surface area contributed by atoms with Gasteiger partial charge in [-0.25, -0.2) is 4.39 Å². The van der Waals surface area contributed by atoms with Gasteiger partial charge in [0.25, 0.3) is 5.91 Å². The van der Waals surface area contributed by atoms with Crippen LogP contribution in [-0.2, 0) is 4.79 Å². The Morgan fingerprint density at radius 3 is 2.70 bits per heavy atom. The Hall–Kier alpha value is -3.26. The van der Waals surface area contributed by atoms with Crippen molar-refractivity contribution in [1.82, 2.24) is 20.2 Å². The van der Waals surface area contributed by atoms with Crippen molar-refractivity contribution in [1.29, 1.82) is 0 Å². The van der Waals surface area contributed by atoms with E-state index in [1.165, 1.54) is 10.7 Å². The van der Waals surface area contributed by atoms with E-state index < -0.39 is 17.8 Å². The highest BCUT2D eigenvalue weighted by molar-refractivity contribution is 6.30. The molecular formula is C18H14ClFN6O. The average Bonchev–Trinajstić information content (AvgIpc) is 3.11. The zero-order chi connectivity index (χ0) is 19.0. The summed E-state index contributed by atoms with van der Waals surface area (Å²) in [7, 11) is 0. The molecule has 0 fully saturated rings. The summed E-state index contributed by atoms with van der Waals surface area (Å²) in [5.41, 5.74) is 1.72. The van der Waals surface area contributed by atoms with E-state index in [0.717, 1.165) is 0 Å². The summed E-state index contributed by atoms with van der Waals surface area (Å²) in [6.45, 7) is 1.72. The molecule has 0 saturated heterocycles. The number of hydrogen-bond donors (Lipinski definition) is 2. The van der Waals surface area contributed by atoms with Gasteiger partial charge in [0.2, 0.25) is 5.95 Å². The standard InChI is InChI=1S/C18H14ClFN6O/c1-10-15(17(27)22-12-8-6-11(19)7-9-12)16(13-4-2-3-5-14(13)20)26-18(21-10)23-24-25-26/h2-9,16H,1H3,(H,22,27)(H,21,23,25). The number of rotatable bonds is 3. The molecule has 1 aliphatic heterocycles. The van der Waals surface area contributed by atoms with Crippen LogP contribution in [0.4, 0.5) is 16.0 Å². The Kier molecular flexibility index (Phi) is 4.33. The summed E-state index contributed by atoms with van der Waals surface area (Å²) < 4.78 is 15.9. The van der Waals surface area contributed by atoms with Crippen LogP contribution in [0.25, 0.3) is 0 Å². The number of benzene rings is 2. The van der Waals surface area contributed by atoms with E-state index in [-0.39, 0.29) is 0 Å². The molecular weight excluding hydrogens is 371 g/mol. The fourth-order valence-corrected chi connectivity index (χ4v) is 3.15. The van der Waals surface area contributed by atoms with Crippen LogP contribution < -0.4 is 10.6 Å². The Bertz CT molecular complexity index is 1050. The van der Waals surface area contributed by atoms with Crippen LogP contribution in [-0.4, -0.2) is 26.1 Å². The van der Waals surface area contributed by atoms with E-state index >= 15 is 0 Å². The number of aromatic nitrogens is 4. The van der Waals surface area contributed by atoms with E-state index in [4.69, 9.17) is 11.6 Å². The first kappa shape index (κ1) is 17.2. The molecule has 7 nitrogen and oxygen atoms in total. The van der Waals surface area contributed by atoms with Gasteiger partial charge in [0.05, 0.1) is 5.57 Å². The fraction of sp³-hybridized carbons (Fsp3) is 0.111. The predicted molar refractivity (Wildman–Crippen MR) is 98.8 cm³/mol. The molecule has 136 valence electrons. The third-order valence-corrected chi connectivity index (χ3v) is 4.51. The van der Waals surface area contributed by atoms with Crippen LogP contribution in [0.5, 0.6) is 0 Å². The molecule has 1 atom stereocenters. The van der Waals surface area contributed by atoms with Gasteiger partial charge in [-0.2, -0.15) is 4.68 Å². The molecule has 2 heterocycles. The maximum absolute atomic E-state index is 14.5. The number of carbonyl (C=O) groups excluding carboxylic acids is 1. The molecule has 1 unspecified atom stereocenters. The number of anilines is 2. The molecule has 1 aromatic heterocycles. The maximum Gasteiger partial charge on any atom is 0.255 e. The number of tetrazole rings is 1. The van der Waals surface area contributed by atoms with Crippen LogP contribution in [0.2, 0.25) is 5.02 Å². The van der Waals surface area contributed by atoms with Crippen molar-refractivity contribution in [3.63, 3.8) is 0 Å². The fourth-order valence-electron chi connectivity index (χ4n) is 3.02. The van der Waals surface area contributed by atoms with Crippen molar-refractivity contribution < 1.29 is 9.18 Å². The van der Waals surface area contributed by atoms with Crippen molar-refractivity contribution in [2.24, 2.45) is 0 Å². The Balaban J connectivity index is 1.77. The zero-order valence-electron chi connectivity index (χ0n) is 14.1. The maximum atomic E-state index is 14.5. The van der Waals surface area contributed by atoms with Gasteiger partial charge in [-0.1, -0.05) is 34.9 Å². The zero-order valence-corrected chi connectivity index (χ0v) is 14.9. The smallest absolute Gasteiger partial charge is 0.255 e. The SMILES string of the molecule is CC1=C(C(=O)Nc2ccc(Cl)cc2)C(c2ccccc2F)n2nnnc2N1. The second-order valence-corrected chi connectivity index (χ2v) is 6.43. The lowest BCUT2D eigenvalue weighted by atomic mass is 9.94. The molecule has 0 radical (unpaired) electrons. The predicted octanol–water partition coefficient (Wildman–Crippen LogP) is 3.39. The van der Waals surface area contributed by atoms with Crippen LogP contribution in [0.15, 0.2) is 59.8 Å². The minimum Gasteiger partial charge on any atom is -0.326 e. The van der Waals surface area contributed by atoms with Gasteiger partial charge in [0.15, 0.2) is 0 Å². The summed E-state index contributed by atoms with van der Waals surface area (Å²) >= 11 is 5.89. The largest absolute Gasteiger partial charge is 0.326 e. The van der Waals surface area contributed by atoms with Crippen molar-refractivity contribution in [2.75, 3.05) is 10.6 Å². The van der Waals surface area contributed by atoms with Crippen LogP contribution in [0.1, 0.15) is 18.5 Å². The van der Waals surface area contributed by atoms with Crippen molar-refractivity contribution in [3.8, 4) is 0 Å². The molecule has 0 aliphatic carbocycles. The van der Waals surface area contributed by atoms with Gasteiger partial charge in [-0.15, -0.1) is 0 Å². The van der Waals surface area contributed by atoms with Crippen LogP contribution >= 0.6 is 11.6 Å². The van der Waals surface area contributed by atoms with E-state index in [1.807, 2.05) is 0 Å². The second kappa shape index (κ2) is 6.81. The van der Waals surface area contributed by atoms with Crippen LogP contribution in [0.3, 0.4) is 0 Å². The van der Waals surface area contributed by atoms with Gasteiger partial charge in [-0.3, -0.25) is 4.79 Å². The quantitative estimate of drug-likeness (QED) is 0.723. The summed E-state index contributed by atoms with van der Waals surface area (Å²) in [5.74, 6) is -0.504. The van der Waals surface area contributed by atoms with Gasteiger partial charge in [0, 0.05) is 22.0 Å².